The van der Waals surface area contributed by atoms with Crippen LogP contribution in [0.1, 0.15) is 10.4 Å². The van der Waals surface area contributed by atoms with E-state index in [0.717, 1.165) is 16.5 Å². The van der Waals surface area contributed by atoms with Gasteiger partial charge in [0.25, 0.3) is 5.91 Å². The number of nitrogens with zero attached hydrogens (tertiary/aromatic N) is 3. The van der Waals surface area contributed by atoms with Crippen molar-refractivity contribution in [3.8, 4) is 11.3 Å². The second-order valence-corrected chi connectivity index (χ2v) is 9.69. The number of fused-ring (bicyclic) bond motifs is 1. The number of hydrogen-bond donors (Lipinski definition) is 1. The van der Waals surface area contributed by atoms with Crippen LogP contribution in [0.4, 0.5) is 5.13 Å². The fraction of sp³-hybridized carbons (Fsp3) is 0.0952. The highest BCUT2D eigenvalue weighted by Crippen LogP contribution is 2.27. The van der Waals surface area contributed by atoms with Gasteiger partial charge in [-0.15, -0.1) is 11.3 Å². The first-order valence-corrected chi connectivity index (χ1v) is 11.3. The molecule has 7 nitrogen and oxygen atoms in total. The van der Waals surface area contributed by atoms with Crippen molar-refractivity contribution in [1.29, 1.82) is 0 Å². The van der Waals surface area contributed by atoms with Gasteiger partial charge in [-0.25, -0.2) is 17.7 Å². The second-order valence-electron chi connectivity index (χ2n) is 6.68. The number of pyridine rings is 1. The van der Waals surface area contributed by atoms with Gasteiger partial charge in [-0.05, 0) is 30.3 Å². The number of carbonyl (C=O) groups is 1. The molecule has 4 rings (SSSR count). The summed E-state index contributed by atoms with van der Waals surface area (Å²) in [6.07, 6.45) is 1.69. The van der Waals surface area contributed by atoms with Gasteiger partial charge >= 0.3 is 0 Å². The number of anilines is 1. The van der Waals surface area contributed by atoms with Crippen molar-refractivity contribution < 1.29 is 13.2 Å². The Kier molecular flexibility index (Phi) is 5.33. The van der Waals surface area contributed by atoms with Crippen LogP contribution < -0.4 is 5.32 Å². The Morgan fingerprint density at radius 1 is 1.03 bits per heavy atom. The summed E-state index contributed by atoms with van der Waals surface area (Å²) in [5.41, 5.74) is 2.69. The first kappa shape index (κ1) is 20.1. The Morgan fingerprint density at radius 2 is 1.80 bits per heavy atom. The topological polar surface area (TPSA) is 92.3 Å². The molecule has 0 atom stereocenters. The zero-order chi connectivity index (χ0) is 21.3. The van der Waals surface area contributed by atoms with E-state index in [2.05, 4.69) is 15.3 Å². The van der Waals surface area contributed by atoms with Gasteiger partial charge in [0.15, 0.2) is 5.13 Å². The Balaban J connectivity index is 1.55. The largest absolute Gasteiger partial charge is 0.298 e. The van der Waals surface area contributed by atoms with Crippen LogP contribution in [0.3, 0.4) is 0 Å². The molecule has 0 radical (unpaired) electrons. The molecule has 30 heavy (non-hydrogen) atoms. The molecule has 9 heteroatoms. The Bertz CT molecular complexity index is 1320. The van der Waals surface area contributed by atoms with Crippen LogP contribution in [-0.4, -0.2) is 42.7 Å². The van der Waals surface area contributed by atoms with E-state index in [1.54, 1.807) is 48.7 Å². The number of hydrogen-bond acceptors (Lipinski definition) is 6. The van der Waals surface area contributed by atoms with Gasteiger partial charge in [0.2, 0.25) is 10.0 Å². The van der Waals surface area contributed by atoms with Gasteiger partial charge in [-0.1, -0.05) is 24.3 Å². The molecule has 0 fully saturated rings. The number of nitrogens with one attached hydrogen (secondary N) is 1. The lowest BCUT2D eigenvalue weighted by molar-refractivity contribution is 0.102. The van der Waals surface area contributed by atoms with Crippen molar-refractivity contribution in [3.05, 3.63) is 71.7 Å². The van der Waals surface area contributed by atoms with E-state index in [1.807, 2.05) is 17.5 Å². The molecule has 0 aliphatic rings. The minimum atomic E-state index is -3.48. The third-order valence-electron chi connectivity index (χ3n) is 4.54. The maximum absolute atomic E-state index is 12.7. The van der Waals surface area contributed by atoms with Crippen LogP contribution in [0.5, 0.6) is 0 Å². The van der Waals surface area contributed by atoms with Gasteiger partial charge in [-0.3, -0.25) is 15.1 Å². The third kappa shape index (κ3) is 3.82. The number of amides is 1. The average Bonchev–Trinajstić information content (AvgIpc) is 3.21. The monoisotopic (exact) mass is 438 g/mol. The molecular weight excluding hydrogens is 420 g/mol. The predicted octanol–water partition coefficient (Wildman–Crippen LogP) is 3.86. The average molecular weight is 439 g/mol. The molecular formula is C21H18N4O3S2. The third-order valence-corrected chi connectivity index (χ3v) is 7.13. The molecule has 0 spiro atoms. The van der Waals surface area contributed by atoms with Crippen molar-refractivity contribution in [2.75, 3.05) is 19.4 Å². The highest BCUT2D eigenvalue weighted by atomic mass is 32.2. The van der Waals surface area contributed by atoms with E-state index in [0.29, 0.717) is 16.4 Å². The zero-order valence-corrected chi connectivity index (χ0v) is 17.9. The number of sulfonamides is 1. The fourth-order valence-corrected chi connectivity index (χ4v) is 4.55. The number of aromatic nitrogens is 2. The summed E-state index contributed by atoms with van der Waals surface area (Å²) < 4.78 is 25.6. The molecule has 1 N–H and O–H groups in total. The first-order valence-electron chi connectivity index (χ1n) is 9.00. The van der Waals surface area contributed by atoms with Crippen molar-refractivity contribution in [2.24, 2.45) is 0 Å². The van der Waals surface area contributed by atoms with Crippen LogP contribution in [0.25, 0.3) is 22.2 Å². The smallest absolute Gasteiger partial charge is 0.258 e. The molecule has 2 heterocycles. The molecule has 4 aromatic rings. The van der Waals surface area contributed by atoms with E-state index in [9.17, 15) is 13.2 Å². The molecule has 0 saturated carbocycles. The van der Waals surface area contributed by atoms with Gasteiger partial charge in [0, 0.05) is 42.2 Å². The number of thiazole rings is 1. The highest BCUT2D eigenvalue weighted by Gasteiger charge is 2.17. The van der Waals surface area contributed by atoms with Crippen LogP contribution in [-0.2, 0) is 10.0 Å². The fourth-order valence-electron chi connectivity index (χ4n) is 2.94. The number of benzene rings is 2. The van der Waals surface area contributed by atoms with E-state index in [-0.39, 0.29) is 10.8 Å². The second kappa shape index (κ2) is 7.94. The summed E-state index contributed by atoms with van der Waals surface area (Å²) in [6.45, 7) is 0. The van der Waals surface area contributed by atoms with Crippen molar-refractivity contribution in [2.45, 2.75) is 4.90 Å². The molecule has 0 unspecified atom stereocenters. The van der Waals surface area contributed by atoms with Gasteiger partial charge in [0.1, 0.15) is 0 Å². The van der Waals surface area contributed by atoms with Gasteiger partial charge in [0.05, 0.1) is 16.1 Å². The molecule has 0 aliphatic carbocycles. The predicted molar refractivity (Wildman–Crippen MR) is 118 cm³/mol. The Morgan fingerprint density at radius 3 is 2.53 bits per heavy atom. The number of carbonyl (C=O) groups excluding carboxylic acids is 1. The molecule has 0 aliphatic heterocycles. The highest BCUT2D eigenvalue weighted by molar-refractivity contribution is 7.89. The zero-order valence-electron chi connectivity index (χ0n) is 16.2. The molecule has 0 bridgehead atoms. The van der Waals surface area contributed by atoms with E-state index >= 15 is 0 Å². The summed E-state index contributed by atoms with van der Waals surface area (Å²) in [5.74, 6) is -0.262. The lowest BCUT2D eigenvalue weighted by Gasteiger charge is -2.11. The SMILES string of the molecule is CN(C)S(=O)(=O)c1ccc(-c2csc(NC(=O)c3cccc4ncccc34)n2)cc1. The summed E-state index contributed by atoms with van der Waals surface area (Å²) in [7, 11) is -0.500. The summed E-state index contributed by atoms with van der Waals surface area (Å²) >= 11 is 1.30. The summed E-state index contributed by atoms with van der Waals surface area (Å²) in [4.78, 5) is 21.7. The van der Waals surface area contributed by atoms with Crippen LogP contribution in [0, 0.1) is 0 Å². The van der Waals surface area contributed by atoms with Crippen LogP contribution in [0.15, 0.2) is 71.1 Å². The first-order chi connectivity index (χ1) is 14.4. The van der Waals surface area contributed by atoms with E-state index in [1.165, 1.54) is 29.7 Å². The van der Waals surface area contributed by atoms with Gasteiger partial charge in [-0.2, -0.15) is 0 Å². The molecule has 0 saturated heterocycles. The maximum atomic E-state index is 12.7. The van der Waals surface area contributed by atoms with Crippen molar-refractivity contribution in [3.63, 3.8) is 0 Å². The maximum Gasteiger partial charge on any atom is 0.258 e. The van der Waals surface area contributed by atoms with Crippen molar-refractivity contribution >= 4 is 43.3 Å². The van der Waals surface area contributed by atoms with Crippen molar-refractivity contribution in [1.82, 2.24) is 14.3 Å². The normalized spacial score (nSPS) is 11.7. The van der Waals surface area contributed by atoms with Crippen LogP contribution >= 0.6 is 11.3 Å². The Labute approximate surface area is 178 Å². The van der Waals surface area contributed by atoms with Gasteiger partial charge < -0.3 is 0 Å². The minimum Gasteiger partial charge on any atom is -0.298 e. The number of rotatable bonds is 5. The van der Waals surface area contributed by atoms with E-state index in [4.69, 9.17) is 0 Å². The molecule has 152 valence electrons. The lowest BCUT2D eigenvalue weighted by atomic mass is 10.1. The lowest BCUT2D eigenvalue weighted by Crippen LogP contribution is -2.22. The molecule has 1 amide bonds. The molecule has 2 aromatic heterocycles. The summed E-state index contributed by atoms with van der Waals surface area (Å²) in [5, 5.41) is 5.87. The Hall–Kier alpha value is -3.14. The standard InChI is InChI=1S/C21H18N4O3S2/c1-25(2)30(27,28)15-10-8-14(9-11-15)19-13-29-21(23-19)24-20(26)17-5-3-7-18-16(17)6-4-12-22-18/h3-13H,1-2H3,(H,23,24,26). The molecule has 2 aromatic carbocycles. The van der Waals surface area contributed by atoms with Crippen LogP contribution in [0.2, 0.25) is 0 Å². The quantitative estimate of drug-likeness (QED) is 0.511. The summed E-state index contributed by atoms with van der Waals surface area (Å²) in [6, 6.07) is 15.5. The minimum absolute atomic E-state index is 0.213. The van der Waals surface area contributed by atoms with E-state index < -0.39 is 10.0 Å².